The zero-order valence-corrected chi connectivity index (χ0v) is 22.3. The van der Waals surface area contributed by atoms with E-state index < -0.39 is 25.9 Å². The lowest BCUT2D eigenvalue weighted by atomic mass is 9.62. The van der Waals surface area contributed by atoms with E-state index in [2.05, 4.69) is 94.5 Å². The monoisotopic (exact) mass is 478 g/mol. The Kier molecular flexibility index (Phi) is 7.30. The minimum atomic E-state index is -2.66. The molecule has 1 amide bonds. The molecule has 0 aromatic heterocycles. The third kappa shape index (κ3) is 4.39. The van der Waals surface area contributed by atoms with Crippen molar-refractivity contribution in [2.24, 2.45) is 16.7 Å². The van der Waals surface area contributed by atoms with Crippen molar-refractivity contribution in [3.63, 3.8) is 0 Å². The Morgan fingerprint density at radius 2 is 1.62 bits per heavy atom. The molecular formula is C28H38N2O3Si. The second-order valence-electron chi connectivity index (χ2n) is 11.4. The largest absolute Gasteiger partial charge is 0.465 e. The lowest BCUT2D eigenvalue weighted by molar-refractivity contribution is 0.0431. The van der Waals surface area contributed by atoms with E-state index in [1.54, 1.807) is 0 Å². The van der Waals surface area contributed by atoms with Crippen LogP contribution >= 0.6 is 0 Å². The van der Waals surface area contributed by atoms with E-state index in [-0.39, 0.29) is 16.4 Å². The summed E-state index contributed by atoms with van der Waals surface area (Å²) in [4.78, 5) is 11.4. The summed E-state index contributed by atoms with van der Waals surface area (Å²) < 4.78 is 7.19. The molecule has 3 atom stereocenters. The van der Waals surface area contributed by atoms with E-state index in [0.717, 1.165) is 12.8 Å². The number of carbonyl (C=O) groups is 1. The fourth-order valence-corrected chi connectivity index (χ4v) is 10.5. The molecule has 1 fully saturated rings. The van der Waals surface area contributed by atoms with E-state index in [1.807, 2.05) is 19.1 Å². The van der Waals surface area contributed by atoms with Crippen molar-refractivity contribution < 1.29 is 14.3 Å². The molecule has 6 heteroatoms. The van der Waals surface area contributed by atoms with E-state index >= 15 is 0 Å². The maximum Gasteiger partial charge on any atom is 0.405 e. The third-order valence-electron chi connectivity index (χ3n) is 8.46. The van der Waals surface area contributed by atoms with Crippen molar-refractivity contribution in [1.29, 1.82) is 5.26 Å². The molecule has 0 aliphatic heterocycles. The number of rotatable bonds is 7. The van der Waals surface area contributed by atoms with Crippen molar-refractivity contribution in [2.45, 2.75) is 65.5 Å². The molecule has 0 bridgehead atoms. The highest BCUT2D eigenvalue weighted by atomic mass is 28.4. The predicted octanol–water partition coefficient (Wildman–Crippen LogP) is 5.17. The molecule has 0 heterocycles. The van der Waals surface area contributed by atoms with Crippen LogP contribution in [-0.4, -0.2) is 32.2 Å². The zero-order chi connectivity index (χ0) is 25.2. The van der Waals surface area contributed by atoms with Gasteiger partial charge in [-0.3, -0.25) is 0 Å². The quantitative estimate of drug-likeness (QED) is 0.538. The van der Waals surface area contributed by atoms with Crippen molar-refractivity contribution in [1.82, 2.24) is 5.32 Å². The fraction of sp³-hybridized carbons (Fsp3) is 0.500. The van der Waals surface area contributed by atoms with E-state index in [0.29, 0.717) is 6.61 Å². The van der Waals surface area contributed by atoms with Gasteiger partial charge in [-0.25, -0.2) is 4.79 Å². The van der Waals surface area contributed by atoms with Gasteiger partial charge < -0.3 is 14.8 Å². The van der Waals surface area contributed by atoms with Gasteiger partial charge in [0.15, 0.2) is 0 Å². The lowest BCUT2D eigenvalue weighted by Gasteiger charge is -2.47. The molecule has 34 heavy (non-hydrogen) atoms. The number of amides is 1. The van der Waals surface area contributed by atoms with E-state index in [9.17, 15) is 15.2 Å². The zero-order valence-electron chi connectivity index (χ0n) is 21.3. The van der Waals surface area contributed by atoms with E-state index in [1.165, 1.54) is 10.4 Å². The summed E-state index contributed by atoms with van der Waals surface area (Å²) in [6.45, 7) is 13.7. The van der Waals surface area contributed by atoms with Crippen molar-refractivity contribution >= 4 is 24.8 Å². The molecular weight excluding hydrogens is 440 g/mol. The first-order chi connectivity index (χ1) is 15.9. The second-order valence-corrected chi connectivity index (χ2v) is 15.7. The topological polar surface area (TPSA) is 82.3 Å². The Bertz CT molecular complexity index is 988. The molecule has 0 spiro atoms. The number of hydrogen-bond acceptors (Lipinski definition) is 3. The molecule has 5 nitrogen and oxygen atoms in total. The van der Waals surface area contributed by atoms with Gasteiger partial charge in [0.05, 0.1) is 6.07 Å². The third-order valence-corrected chi connectivity index (χ3v) is 13.5. The molecule has 1 saturated carbocycles. The van der Waals surface area contributed by atoms with Gasteiger partial charge in [0, 0.05) is 12.0 Å². The average molecular weight is 479 g/mol. The van der Waals surface area contributed by atoms with Crippen LogP contribution in [0, 0.1) is 28.1 Å². The lowest BCUT2D eigenvalue weighted by Crippen LogP contribution is -2.67. The summed E-state index contributed by atoms with van der Waals surface area (Å²) in [5.41, 5.74) is -0.777. The van der Waals surface area contributed by atoms with Gasteiger partial charge in [-0.05, 0) is 39.6 Å². The van der Waals surface area contributed by atoms with Crippen LogP contribution in [0.4, 0.5) is 4.79 Å². The second kappa shape index (κ2) is 9.56. The Labute approximate surface area is 205 Å². The minimum absolute atomic E-state index is 0.109. The van der Waals surface area contributed by atoms with Gasteiger partial charge in [0.2, 0.25) is 0 Å². The highest BCUT2D eigenvalue weighted by Gasteiger charge is 2.57. The normalized spacial score (nSPS) is 23.1. The van der Waals surface area contributed by atoms with Crippen LogP contribution in [0.5, 0.6) is 0 Å². The van der Waals surface area contributed by atoms with Crippen LogP contribution in [-0.2, 0) is 4.43 Å². The van der Waals surface area contributed by atoms with E-state index in [4.69, 9.17) is 4.43 Å². The Hall–Kier alpha value is -2.62. The molecule has 2 N–H and O–H groups in total. The first-order valence-corrected chi connectivity index (χ1v) is 13.9. The van der Waals surface area contributed by atoms with Gasteiger partial charge in [-0.15, -0.1) is 0 Å². The summed E-state index contributed by atoms with van der Waals surface area (Å²) in [6.07, 6.45) is 0.504. The van der Waals surface area contributed by atoms with Crippen molar-refractivity contribution in [2.75, 3.05) is 6.61 Å². The van der Waals surface area contributed by atoms with Crippen molar-refractivity contribution in [3.8, 4) is 6.07 Å². The minimum Gasteiger partial charge on any atom is -0.465 e. The predicted molar refractivity (Wildman–Crippen MR) is 139 cm³/mol. The number of benzene rings is 2. The van der Waals surface area contributed by atoms with Crippen LogP contribution in [0.15, 0.2) is 60.7 Å². The summed E-state index contributed by atoms with van der Waals surface area (Å²) in [6, 6.07) is 22.6. The Balaban J connectivity index is 2.00. The van der Waals surface area contributed by atoms with Gasteiger partial charge >= 0.3 is 6.09 Å². The molecule has 1 unspecified atom stereocenters. The van der Waals surface area contributed by atoms with Gasteiger partial charge in [-0.2, -0.15) is 5.26 Å². The van der Waals surface area contributed by atoms with Crippen LogP contribution in [0.1, 0.15) is 54.4 Å². The van der Waals surface area contributed by atoms with Crippen LogP contribution < -0.4 is 15.7 Å². The molecule has 0 saturated heterocycles. The van der Waals surface area contributed by atoms with Crippen LogP contribution in [0.2, 0.25) is 5.04 Å². The van der Waals surface area contributed by atoms with Crippen molar-refractivity contribution in [3.05, 3.63) is 60.7 Å². The smallest absolute Gasteiger partial charge is 0.405 e. The molecule has 3 rings (SSSR count). The summed E-state index contributed by atoms with van der Waals surface area (Å²) >= 11 is 0. The van der Waals surface area contributed by atoms with Gasteiger partial charge in [-0.1, -0.05) is 102 Å². The maximum atomic E-state index is 11.4. The highest BCUT2D eigenvalue weighted by molar-refractivity contribution is 6.99. The summed E-state index contributed by atoms with van der Waals surface area (Å²) in [5, 5.41) is 23.9. The van der Waals surface area contributed by atoms with Crippen LogP contribution in [0.25, 0.3) is 0 Å². The summed E-state index contributed by atoms with van der Waals surface area (Å²) in [7, 11) is -2.66. The summed E-state index contributed by atoms with van der Waals surface area (Å²) in [5.74, 6) is 0.200. The number of nitriles is 1. The molecule has 1 aliphatic rings. The molecule has 2 aromatic rings. The number of nitrogens with one attached hydrogen (secondary N) is 1. The molecule has 0 radical (unpaired) electrons. The SMILES string of the molecule is CC1(C)[C@@H](CO[Si](c2ccccc2)(c2ccccc2)C(C)(C)C)CC[C@@]1(C)C(C#N)NC(=O)O. The van der Waals surface area contributed by atoms with Gasteiger partial charge in [0.25, 0.3) is 8.32 Å². The molecule has 182 valence electrons. The highest BCUT2D eigenvalue weighted by Crippen LogP contribution is 2.58. The first-order valence-electron chi connectivity index (χ1n) is 12.0. The number of nitrogens with zero attached hydrogens (tertiary/aromatic N) is 1. The standard InChI is InChI=1S/C28H38N2O3Si/c1-26(2,3)34(22-13-9-7-10-14-22,23-15-11-8-12-16-23)33-20-21-17-18-28(6,27(21,4)5)24(19-29)30-25(31)32/h7-16,21,24,30H,17-18,20H2,1-6H3,(H,31,32)/t21-,24?,28+/m1/s1. The fourth-order valence-electron chi connectivity index (χ4n) is 5.88. The Morgan fingerprint density at radius 3 is 2.03 bits per heavy atom. The first kappa shape index (κ1) is 26.0. The molecule has 2 aromatic carbocycles. The number of hydrogen-bond donors (Lipinski definition) is 2. The average Bonchev–Trinajstić information content (AvgIpc) is 3.02. The Morgan fingerprint density at radius 1 is 1.12 bits per heavy atom. The maximum absolute atomic E-state index is 11.4. The molecule has 1 aliphatic carbocycles. The van der Waals surface area contributed by atoms with Gasteiger partial charge in [0.1, 0.15) is 6.04 Å². The number of carboxylic acid groups (broad SMARTS) is 1. The van der Waals surface area contributed by atoms with Crippen LogP contribution in [0.3, 0.4) is 0 Å².